The number of rotatable bonds is 2. The topological polar surface area (TPSA) is 37.3 Å². The third kappa shape index (κ3) is 2.56. The molecule has 0 fully saturated rings. The van der Waals surface area contributed by atoms with Gasteiger partial charge >= 0.3 is 35.5 Å². The van der Waals surface area contributed by atoms with Crippen molar-refractivity contribution in [2.45, 2.75) is 19.3 Å². The van der Waals surface area contributed by atoms with Crippen molar-refractivity contribution in [2.24, 2.45) is 0 Å². The van der Waals surface area contributed by atoms with Gasteiger partial charge < -0.3 is 6.53 Å². The van der Waals surface area contributed by atoms with E-state index >= 15 is 0 Å². The van der Waals surface area contributed by atoms with Gasteiger partial charge in [-0.2, -0.15) is 0 Å². The summed E-state index contributed by atoms with van der Waals surface area (Å²) in [6.07, 6.45) is 0. The van der Waals surface area contributed by atoms with E-state index in [9.17, 15) is 9.18 Å². The molecule has 2 nitrogen and oxygen atoms in total. The first-order valence-corrected chi connectivity index (χ1v) is 3.94. The van der Waals surface area contributed by atoms with E-state index in [-0.39, 0.29) is 36.5 Å². The van der Waals surface area contributed by atoms with Crippen LogP contribution in [-0.4, -0.2) is 11.1 Å². The van der Waals surface area contributed by atoms with Crippen LogP contribution in [0.25, 0.3) is 0 Å². The van der Waals surface area contributed by atoms with Crippen molar-refractivity contribution >= 4 is 5.97 Å². The zero-order valence-electron chi connectivity index (χ0n) is 9.54. The van der Waals surface area contributed by atoms with Gasteiger partial charge in [-0.15, -0.1) is 0 Å². The summed E-state index contributed by atoms with van der Waals surface area (Å²) >= 11 is 0. The van der Waals surface area contributed by atoms with Crippen molar-refractivity contribution in [3.63, 3.8) is 0 Å². The number of benzene rings is 1. The van der Waals surface area contributed by atoms with Crippen molar-refractivity contribution in [3.8, 4) is 0 Å². The number of halogens is 1. The van der Waals surface area contributed by atoms with E-state index in [4.69, 9.17) is 5.11 Å². The molecule has 14 heavy (non-hydrogen) atoms. The van der Waals surface area contributed by atoms with Crippen LogP contribution in [0.1, 0.15) is 20.8 Å². The predicted octanol–water partition coefficient (Wildman–Crippen LogP) is -0.696. The first-order valence-electron chi connectivity index (χ1n) is 3.94. The second-order valence-corrected chi connectivity index (χ2v) is 3.41. The van der Waals surface area contributed by atoms with Gasteiger partial charge in [0.2, 0.25) is 0 Å². The van der Waals surface area contributed by atoms with Crippen molar-refractivity contribution in [2.75, 3.05) is 0 Å². The van der Waals surface area contributed by atoms with Gasteiger partial charge in [0.25, 0.3) is 0 Å². The molecule has 0 heterocycles. The van der Waals surface area contributed by atoms with Gasteiger partial charge in [-0.1, -0.05) is 18.2 Å². The third-order valence-corrected chi connectivity index (χ3v) is 2.08. The molecule has 0 aliphatic carbocycles. The van der Waals surface area contributed by atoms with Crippen LogP contribution in [0.5, 0.6) is 0 Å². The van der Waals surface area contributed by atoms with E-state index in [0.717, 1.165) is 0 Å². The Morgan fingerprint density at radius 2 is 1.93 bits per heavy atom. The standard InChI is InChI=1S/C10H11FO2.Na.H/c1-10(2,9(12)13)7-5-3-4-6-8(7)11;;/h3-6H,1-2H3,(H,12,13);;/q;+1;-1. The van der Waals surface area contributed by atoms with Crippen LogP contribution < -0.4 is 29.6 Å². The Bertz CT molecular complexity index is 342. The summed E-state index contributed by atoms with van der Waals surface area (Å²) in [5.41, 5.74) is -0.965. The Morgan fingerprint density at radius 1 is 1.43 bits per heavy atom. The van der Waals surface area contributed by atoms with Crippen molar-refractivity contribution in [1.82, 2.24) is 0 Å². The number of hydrogen-bond donors (Lipinski definition) is 1. The predicted molar refractivity (Wildman–Crippen MR) is 48.2 cm³/mol. The molecule has 0 saturated heterocycles. The van der Waals surface area contributed by atoms with Gasteiger partial charge in [-0.05, 0) is 19.9 Å². The van der Waals surface area contributed by atoms with E-state index in [1.165, 1.54) is 32.0 Å². The zero-order valence-corrected chi connectivity index (χ0v) is 10.5. The number of carboxylic acids is 1. The van der Waals surface area contributed by atoms with Crippen molar-refractivity contribution < 1.29 is 45.3 Å². The molecule has 0 unspecified atom stereocenters. The Labute approximate surface area is 106 Å². The molecule has 0 aromatic heterocycles. The molecule has 0 spiro atoms. The molecule has 0 bridgehead atoms. The molecule has 0 atom stereocenters. The average Bonchev–Trinajstić information content (AvgIpc) is 2.04. The summed E-state index contributed by atoms with van der Waals surface area (Å²) < 4.78 is 13.2. The van der Waals surface area contributed by atoms with E-state index in [2.05, 4.69) is 0 Å². The Morgan fingerprint density at radius 3 is 2.36 bits per heavy atom. The van der Waals surface area contributed by atoms with Crippen molar-refractivity contribution in [1.29, 1.82) is 0 Å². The van der Waals surface area contributed by atoms with Crippen molar-refractivity contribution in [3.05, 3.63) is 35.6 Å². The van der Waals surface area contributed by atoms with Crippen LogP contribution >= 0.6 is 0 Å². The smallest absolute Gasteiger partial charge is 1.00 e. The quantitative estimate of drug-likeness (QED) is 0.650. The fourth-order valence-electron chi connectivity index (χ4n) is 1.08. The molecule has 0 aliphatic rings. The minimum Gasteiger partial charge on any atom is -1.00 e. The molecular weight excluding hydrogens is 194 g/mol. The Kier molecular flexibility index (Phi) is 4.78. The number of hydrogen-bond acceptors (Lipinski definition) is 1. The summed E-state index contributed by atoms with van der Waals surface area (Å²) in [5, 5.41) is 8.85. The fraction of sp³-hybridized carbons (Fsp3) is 0.300. The maximum atomic E-state index is 13.2. The van der Waals surface area contributed by atoms with Crippen LogP contribution in [0.15, 0.2) is 24.3 Å². The molecule has 1 N–H and O–H groups in total. The fourth-order valence-corrected chi connectivity index (χ4v) is 1.08. The van der Waals surface area contributed by atoms with Crippen LogP contribution in [0.2, 0.25) is 0 Å². The van der Waals surface area contributed by atoms with Gasteiger partial charge in [0, 0.05) is 5.56 Å². The van der Waals surface area contributed by atoms with Gasteiger partial charge in [0.05, 0.1) is 5.41 Å². The largest absolute Gasteiger partial charge is 1.00 e. The average molecular weight is 206 g/mol. The molecule has 72 valence electrons. The molecule has 0 aliphatic heterocycles. The molecule has 0 saturated carbocycles. The maximum absolute atomic E-state index is 13.2. The number of carbonyl (C=O) groups is 1. The SMILES string of the molecule is CC(C)(C(=O)O)c1ccccc1F.[H-].[Na+]. The maximum Gasteiger partial charge on any atom is 1.00 e. The minimum atomic E-state index is -1.18. The van der Waals surface area contributed by atoms with Crippen LogP contribution in [0.3, 0.4) is 0 Å². The van der Waals surface area contributed by atoms with E-state index in [1.54, 1.807) is 6.07 Å². The first-order chi connectivity index (χ1) is 5.96. The van der Waals surface area contributed by atoms with Gasteiger partial charge in [-0.25, -0.2) is 4.39 Å². The Balaban J connectivity index is 0. The van der Waals surface area contributed by atoms with Gasteiger partial charge in [0.15, 0.2) is 0 Å². The summed E-state index contributed by atoms with van der Waals surface area (Å²) in [6.45, 7) is 2.96. The molecule has 0 amide bonds. The monoisotopic (exact) mass is 206 g/mol. The molecule has 0 radical (unpaired) electrons. The van der Waals surface area contributed by atoms with Crippen LogP contribution in [0, 0.1) is 5.82 Å². The Hall–Kier alpha value is -0.380. The van der Waals surface area contributed by atoms with Crippen LogP contribution in [0.4, 0.5) is 4.39 Å². The van der Waals surface area contributed by atoms with Gasteiger partial charge in [0.1, 0.15) is 5.82 Å². The summed E-state index contributed by atoms with van der Waals surface area (Å²) in [6, 6.07) is 5.92. The molecule has 1 rings (SSSR count). The zero-order chi connectivity index (χ0) is 10.1. The number of aliphatic carboxylic acids is 1. The second-order valence-electron chi connectivity index (χ2n) is 3.41. The number of carboxylic acid groups (broad SMARTS) is 1. The normalized spacial score (nSPS) is 10.5. The van der Waals surface area contributed by atoms with E-state index in [0.29, 0.717) is 0 Å². The van der Waals surface area contributed by atoms with E-state index < -0.39 is 17.2 Å². The minimum absolute atomic E-state index is 0. The summed E-state index contributed by atoms with van der Waals surface area (Å²) in [7, 11) is 0. The van der Waals surface area contributed by atoms with Crippen LogP contribution in [-0.2, 0) is 10.2 Å². The molecular formula is C10H12FNaO2. The van der Waals surface area contributed by atoms with Gasteiger partial charge in [-0.3, -0.25) is 4.79 Å². The third-order valence-electron chi connectivity index (χ3n) is 2.08. The second kappa shape index (κ2) is 4.91. The summed E-state index contributed by atoms with van der Waals surface area (Å²) in [5.74, 6) is -1.51. The molecule has 1 aromatic carbocycles. The van der Waals surface area contributed by atoms with E-state index in [1.807, 2.05) is 0 Å². The first kappa shape index (κ1) is 13.6. The summed E-state index contributed by atoms with van der Waals surface area (Å²) in [4.78, 5) is 10.8. The molecule has 1 aromatic rings. The molecule has 4 heteroatoms.